The van der Waals surface area contributed by atoms with Gasteiger partial charge in [-0.05, 0) is 31.9 Å². The van der Waals surface area contributed by atoms with Crippen LogP contribution in [0.15, 0.2) is 18.2 Å². The molecule has 1 aliphatic carbocycles. The van der Waals surface area contributed by atoms with E-state index in [2.05, 4.69) is 30.4 Å². The van der Waals surface area contributed by atoms with E-state index in [9.17, 15) is 0 Å². The van der Waals surface area contributed by atoms with Crippen molar-refractivity contribution >= 4 is 16.6 Å². The zero-order valence-corrected chi connectivity index (χ0v) is 11.2. The van der Waals surface area contributed by atoms with E-state index in [-0.39, 0.29) is 0 Å². The first-order valence-electron chi connectivity index (χ1n) is 7.07. The van der Waals surface area contributed by atoms with Gasteiger partial charge in [-0.1, -0.05) is 11.6 Å². The van der Waals surface area contributed by atoms with Gasteiger partial charge in [-0.2, -0.15) is 0 Å². The van der Waals surface area contributed by atoms with E-state index in [4.69, 9.17) is 9.72 Å². The van der Waals surface area contributed by atoms with Gasteiger partial charge < -0.3 is 10.1 Å². The normalized spacial score (nSPS) is 18.4. The monoisotopic (exact) mass is 254 g/mol. The molecule has 0 saturated heterocycles. The van der Waals surface area contributed by atoms with Gasteiger partial charge in [-0.25, -0.2) is 0 Å². The Kier molecular flexibility index (Phi) is 2.49. The lowest BCUT2D eigenvalue weighted by atomic mass is 10.0. The first kappa shape index (κ1) is 11.2. The third-order valence-corrected chi connectivity index (χ3v) is 3.98. The second-order valence-electron chi connectivity index (χ2n) is 5.65. The number of aryl methyl sites for hydroxylation is 1. The smallest absolute Gasteiger partial charge is 0.0755 e. The summed E-state index contributed by atoms with van der Waals surface area (Å²) < 4.78 is 5.64. The molecular weight excluding hydrogens is 236 g/mol. The number of benzene rings is 1. The molecule has 2 aromatic rings. The molecule has 1 aliphatic heterocycles. The molecule has 1 fully saturated rings. The van der Waals surface area contributed by atoms with Gasteiger partial charge in [-0.15, -0.1) is 0 Å². The van der Waals surface area contributed by atoms with Crippen molar-refractivity contribution in [3.8, 4) is 0 Å². The molecule has 1 aromatic heterocycles. The topological polar surface area (TPSA) is 34.2 Å². The summed E-state index contributed by atoms with van der Waals surface area (Å²) in [6, 6.07) is 7.17. The summed E-state index contributed by atoms with van der Waals surface area (Å²) in [6.45, 7) is 3.62. The van der Waals surface area contributed by atoms with Crippen LogP contribution in [-0.2, 0) is 17.8 Å². The van der Waals surface area contributed by atoms with Crippen LogP contribution in [-0.4, -0.2) is 17.6 Å². The first-order valence-corrected chi connectivity index (χ1v) is 7.07. The minimum Gasteiger partial charge on any atom is -0.381 e. The summed E-state index contributed by atoms with van der Waals surface area (Å²) in [7, 11) is 0. The SMILES string of the molecule is Cc1ccc2nc3c(c(NC4CC4)c2c1)COCC3. The maximum atomic E-state index is 5.64. The molecule has 2 heterocycles. The van der Waals surface area contributed by atoms with Crippen LogP contribution in [0.2, 0.25) is 0 Å². The van der Waals surface area contributed by atoms with Crippen molar-refractivity contribution < 1.29 is 4.74 Å². The highest BCUT2D eigenvalue weighted by molar-refractivity contribution is 5.94. The van der Waals surface area contributed by atoms with Crippen LogP contribution in [0.5, 0.6) is 0 Å². The second-order valence-corrected chi connectivity index (χ2v) is 5.65. The first-order chi connectivity index (χ1) is 9.31. The van der Waals surface area contributed by atoms with Crippen LogP contribution in [0, 0.1) is 6.92 Å². The van der Waals surface area contributed by atoms with Crippen molar-refractivity contribution in [2.75, 3.05) is 11.9 Å². The summed E-state index contributed by atoms with van der Waals surface area (Å²) in [4.78, 5) is 4.83. The van der Waals surface area contributed by atoms with Crippen LogP contribution in [0.3, 0.4) is 0 Å². The molecule has 0 bridgehead atoms. The number of fused-ring (bicyclic) bond motifs is 2. The van der Waals surface area contributed by atoms with Crippen molar-refractivity contribution in [3.63, 3.8) is 0 Å². The largest absolute Gasteiger partial charge is 0.381 e. The Morgan fingerprint density at radius 1 is 1.32 bits per heavy atom. The predicted molar refractivity (Wildman–Crippen MR) is 76.5 cm³/mol. The lowest BCUT2D eigenvalue weighted by Gasteiger charge is -2.22. The second kappa shape index (κ2) is 4.20. The van der Waals surface area contributed by atoms with Crippen molar-refractivity contribution in [2.24, 2.45) is 0 Å². The molecule has 0 unspecified atom stereocenters. The molecule has 19 heavy (non-hydrogen) atoms. The number of nitrogens with one attached hydrogen (secondary N) is 1. The fourth-order valence-electron chi connectivity index (χ4n) is 2.77. The Morgan fingerprint density at radius 3 is 3.05 bits per heavy atom. The number of nitrogens with zero attached hydrogens (tertiary/aromatic N) is 1. The van der Waals surface area contributed by atoms with Gasteiger partial charge in [0.2, 0.25) is 0 Å². The average Bonchev–Trinajstić information content (AvgIpc) is 3.23. The van der Waals surface area contributed by atoms with Gasteiger partial charge in [0.1, 0.15) is 0 Å². The molecule has 0 spiro atoms. The molecule has 2 aliphatic rings. The van der Waals surface area contributed by atoms with E-state index in [1.54, 1.807) is 0 Å². The third-order valence-electron chi connectivity index (χ3n) is 3.98. The van der Waals surface area contributed by atoms with E-state index in [0.29, 0.717) is 12.6 Å². The quantitative estimate of drug-likeness (QED) is 0.893. The van der Waals surface area contributed by atoms with Gasteiger partial charge in [0.15, 0.2) is 0 Å². The Hall–Kier alpha value is -1.61. The predicted octanol–water partition coefficient (Wildman–Crippen LogP) is 3.19. The highest BCUT2D eigenvalue weighted by Gasteiger charge is 2.25. The van der Waals surface area contributed by atoms with Crippen molar-refractivity contribution in [3.05, 3.63) is 35.0 Å². The van der Waals surface area contributed by atoms with Crippen LogP contribution in [0.25, 0.3) is 10.9 Å². The molecule has 1 saturated carbocycles. The third kappa shape index (κ3) is 1.98. The highest BCUT2D eigenvalue weighted by Crippen LogP contribution is 2.35. The van der Waals surface area contributed by atoms with Gasteiger partial charge >= 0.3 is 0 Å². The molecule has 4 rings (SSSR count). The number of ether oxygens (including phenoxy) is 1. The molecule has 98 valence electrons. The number of hydrogen-bond donors (Lipinski definition) is 1. The standard InChI is InChI=1S/C16H18N2O/c1-10-2-5-14-12(8-10)16(17-11-3-4-11)13-9-19-7-6-15(13)18-14/h2,5,8,11H,3-4,6-7,9H2,1H3,(H,17,18). The maximum Gasteiger partial charge on any atom is 0.0755 e. The maximum absolute atomic E-state index is 5.64. The molecule has 0 amide bonds. The van der Waals surface area contributed by atoms with Crippen LogP contribution >= 0.6 is 0 Å². The van der Waals surface area contributed by atoms with Crippen LogP contribution in [0.1, 0.15) is 29.7 Å². The van der Waals surface area contributed by atoms with Gasteiger partial charge in [-0.3, -0.25) is 4.98 Å². The summed E-state index contributed by atoms with van der Waals surface area (Å²) in [5.41, 5.74) is 6.15. The van der Waals surface area contributed by atoms with Crippen LogP contribution in [0.4, 0.5) is 5.69 Å². The van der Waals surface area contributed by atoms with Crippen molar-refractivity contribution in [1.82, 2.24) is 4.98 Å². The van der Waals surface area contributed by atoms with Crippen LogP contribution < -0.4 is 5.32 Å². The number of aromatic nitrogens is 1. The lowest BCUT2D eigenvalue weighted by molar-refractivity contribution is 0.110. The number of pyridine rings is 1. The minimum absolute atomic E-state index is 0.650. The zero-order chi connectivity index (χ0) is 12.8. The number of hydrogen-bond acceptors (Lipinski definition) is 3. The molecule has 1 aromatic carbocycles. The van der Waals surface area contributed by atoms with E-state index in [0.717, 1.165) is 18.5 Å². The van der Waals surface area contributed by atoms with E-state index < -0.39 is 0 Å². The lowest BCUT2D eigenvalue weighted by Crippen LogP contribution is -2.16. The van der Waals surface area contributed by atoms with Gasteiger partial charge in [0.25, 0.3) is 0 Å². The summed E-state index contributed by atoms with van der Waals surface area (Å²) >= 11 is 0. The fourth-order valence-corrected chi connectivity index (χ4v) is 2.77. The number of anilines is 1. The van der Waals surface area contributed by atoms with Crippen molar-refractivity contribution in [2.45, 2.75) is 38.8 Å². The Bertz CT molecular complexity index is 647. The fraction of sp³-hybridized carbons (Fsp3) is 0.438. The summed E-state index contributed by atoms with van der Waals surface area (Å²) in [5, 5.41) is 4.94. The summed E-state index contributed by atoms with van der Waals surface area (Å²) in [6.07, 6.45) is 3.50. The van der Waals surface area contributed by atoms with E-state index in [1.807, 2.05) is 0 Å². The molecule has 3 heteroatoms. The zero-order valence-electron chi connectivity index (χ0n) is 11.2. The Balaban J connectivity index is 1.96. The Labute approximate surface area is 113 Å². The average molecular weight is 254 g/mol. The van der Waals surface area contributed by atoms with E-state index in [1.165, 1.54) is 40.7 Å². The van der Waals surface area contributed by atoms with Gasteiger partial charge in [0.05, 0.1) is 30.1 Å². The van der Waals surface area contributed by atoms with Gasteiger partial charge in [0, 0.05) is 23.4 Å². The van der Waals surface area contributed by atoms with E-state index >= 15 is 0 Å². The number of rotatable bonds is 2. The summed E-state index contributed by atoms with van der Waals surface area (Å²) in [5.74, 6) is 0. The molecule has 3 nitrogen and oxygen atoms in total. The van der Waals surface area contributed by atoms with Crippen molar-refractivity contribution in [1.29, 1.82) is 0 Å². The Morgan fingerprint density at radius 2 is 2.21 bits per heavy atom. The molecular formula is C16H18N2O. The minimum atomic E-state index is 0.650. The highest BCUT2D eigenvalue weighted by atomic mass is 16.5. The molecule has 1 N–H and O–H groups in total. The molecule has 0 atom stereocenters. The molecule has 0 radical (unpaired) electrons.